The van der Waals surface area contributed by atoms with Crippen LogP contribution in [0.4, 0.5) is 4.79 Å². The topological polar surface area (TPSA) is 115 Å². The van der Waals surface area contributed by atoms with Crippen molar-refractivity contribution in [3.05, 3.63) is 0 Å². The first-order valence-electron chi connectivity index (χ1n) is 3.46. The molecule has 0 fully saturated rings. The molecule has 0 aromatic rings. The largest absolute Gasteiger partial charge is 0.369 e. The van der Waals surface area contributed by atoms with Crippen molar-refractivity contribution < 1.29 is 14.4 Å². The minimum absolute atomic E-state index is 0.154. The van der Waals surface area contributed by atoms with Gasteiger partial charge in [0.2, 0.25) is 11.8 Å². The first-order chi connectivity index (χ1) is 5.97. The molecule has 0 saturated carbocycles. The number of nitrogens with two attached hydrogens (primary N) is 2. The summed E-state index contributed by atoms with van der Waals surface area (Å²) in [5, 5.41) is 1.82. The van der Waals surface area contributed by atoms with Crippen LogP contribution in [0.15, 0.2) is 0 Å². The molecule has 4 amide bonds. The number of rotatable bonds is 4. The Morgan fingerprint density at radius 1 is 1.31 bits per heavy atom. The molecule has 1 atom stereocenters. The molecule has 0 aliphatic carbocycles. The van der Waals surface area contributed by atoms with Gasteiger partial charge in [0.15, 0.2) is 0 Å². The summed E-state index contributed by atoms with van der Waals surface area (Å²) in [7, 11) is 0. The lowest BCUT2D eigenvalue weighted by Gasteiger charge is -2.08. The molecule has 7 heteroatoms. The summed E-state index contributed by atoms with van der Waals surface area (Å²) in [5.74, 6) is -1.79. The highest BCUT2D eigenvalue weighted by Crippen LogP contribution is 2.03. The maximum absolute atomic E-state index is 10.9. The van der Waals surface area contributed by atoms with Gasteiger partial charge in [0.1, 0.15) is 0 Å². The third-order valence-electron chi connectivity index (χ3n) is 1.32. The number of thiol groups is 1. The predicted molar refractivity (Wildman–Crippen MR) is 48.9 cm³/mol. The fourth-order valence-corrected chi connectivity index (χ4v) is 0.976. The summed E-state index contributed by atoms with van der Waals surface area (Å²) in [6.45, 7) is 0. The van der Waals surface area contributed by atoms with Gasteiger partial charge in [-0.25, -0.2) is 4.79 Å². The van der Waals surface area contributed by atoms with Crippen LogP contribution in [0.2, 0.25) is 0 Å². The third-order valence-corrected chi connectivity index (χ3v) is 1.76. The number of hydrogen-bond donors (Lipinski definition) is 4. The number of amides is 4. The molecule has 1 unspecified atom stereocenters. The van der Waals surface area contributed by atoms with Crippen molar-refractivity contribution in [2.75, 3.05) is 5.75 Å². The van der Waals surface area contributed by atoms with E-state index in [-0.39, 0.29) is 12.2 Å². The summed E-state index contributed by atoms with van der Waals surface area (Å²) < 4.78 is 0. The lowest BCUT2D eigenvalue weighted by molar-refractivity contribution is -0.127. The van der Waals surface area contributed by atoms with E-state index in [1.54, 1.807) is 0 Å². The summed E-state index contributed by atoms with van der Waals surface area (Å²) in [6.07, 6.45) is -0.179. The summed E-state index contributed by atoms with van der Waals surface area (Å²) in [5.41, 5.74) is 9.62. The maximum atomic E-state index is 10.9. The molecule has 0 spiro atoms. The first kappa shape index (κ1) is 11.8. The average Bonchev–Trinajstić information content (AvgIpc) is 1.98. The van der Waals surface area contributed by atoms with Crippen LogP contribution in [0.25, 0.3) is 0 Å². The van der Waals surface area contributed by atoms with Crippen molar-refractivity contribution >= 4 is 30.5 Å². The number of primary amides is 2. The maximum Gasteiger partial charge on any atom is 0.318 e. The summed E-state index contributed by atoms with van der Waals surface area (Å²) >= 11 is 3.82. The molecule has 0 aliphatic rings. The molecule has 0 aromatic heterocycles. The van der Waals surface area contributed by atoms with Crippen LogP contribution in [-0.4, -0.2) is 23.6 Å². The predicted octanol–water partition coefficient (Wildman–Crippen LogP) is -1.40. The van der Waals surface area contributed by atoms with Crippen LogP contribution in [0.1, 0.15) is 6.42 Å². The molecule has 0 rings (SSSR count). The van der Waals surface area contributed by atoms with E-state index >= 15 is 0 Å². The normalized spacial score (nSPS) is 11.8. The minimum atomic E-state index is -0.951. The molecule has 6 nitrogen and oxygen atoms in total. The van der Waals surface area contributed by atoms with Gasteiger partial charge < -0.3 is 11.5 Å². The van der Waals surface area contributed by atoms with Gasteiger partial charge in [-0.05, 0) is 0 Å². The molecule has 74 valence electrons. The van der Waals surface area contributed by atoms with Crippen molar-refractivity contribution in [2.45, 2.75) is 6.42 Å². The Hall–Kier alpha value is -1.24. The number of nitrogens with one attached hydrogen (secondary N) is 1. The highest BCUT2D eigenvalue weighted by molar-refractivity contribution is 7.80. The van der Waals surface area contributed by atoms with Gasteiger partial charge in [0.05, 0.1) is 5.92 Å². The molecule has 0 aromatic carbocycles. The van der Waals surface area contributed by atoms with Gasteiger partial charge in [-0.1, -0.05) is 0 Å². The second kappa shape index (κ2) is 5.41. The van der Waals surface area contributed by atoms with Crippen molar-refractivity contribution in [2.24, 2.45) is 17.4 Å². The molecule has 0 saturated heterocycles. The van der Waals surface area contributed by atoms with E-state index < -0.39 is 23.8 Å². The van der Waals surface area contributed by atoms with Crippen LogP contribution in [-0.2, 0) is 9.59 Å². The van der Waals surface area contributed by atoms with Crippen molar-refractivity contribution in [1.82, 2.24) is 5.32 Å². The molecule has 0 aliphatic heterocycles. The van der Waals surface area contributed by atoms with E-state index in [4.69, 9.17) is 5.73 Å². The second-order valence-corrected chi connectivity index (χ2v) is 2.76. The quantitative estimate of drug-likeness (QED) is 0.423. The minimum Gasteiger partial charge on any atom is -0.369 e. The van der Waals surface area contributed by atoms with Gasteiger partial charge >= 0.3 is 6.03 Å². The third kappa shape index (κ3) is 5.07. The summed E-state index contributed by atoms with van der Waals surface area (Å²) in [4.78, 5) is 31.7. The zero-order chi connectivity index (χ0) is 10.4. The van der Waals surface area contributed by atoms with E-state index in [0.717, 1.165) is 0 Å². The Bertz CT molecular complexity index is 231. The van der Waals surface area contributed by atoms with Crippen LogP contribution >= 0.6 is 12.6 Å². The highest BCUT2D eigenvalue weighted by atomic mass is 32.1. The highest BCUT2D eigenvalue weighted by Gasteiger charge is 2.18. The van der Waals surface area contributed by atoms with Crippen LogP contribution in [0.3, 0.4) is 0 Å². The monoisotopic (exact) mass is 205 g/mol. The van der Waals surface area contributed by atoms with Gasteiger partial charge in [-0.15, -0.1) is 0 Å². The zero-order valence-electron chi connectivity index (χ0n) is 6.82. The number of hydrogen-bond acceptors (Lipinski definition) is 4. The lowest BCUT2D eigenvalue weighted by Crippen LogP contribution is -2.38. The van der Waals surface area contributed by atoms with Gasteiger partial charge in [-0.3, -0.25) is 14.9 Å². The Labute approximate surface area is 80.4 Å². The number of carbonyl (C=O) groups is 3. The smallest absolute Gasteiger partial charge is 0.318 e. The van der Waals surface area contributed by atoms with Crippen LogP contribution in [0, 0.1) is 5.92 Å². The molecule has 0 heterocycles. The average molecular weight is 205 g/mol. The van der Waals surface area contributed by atoms with Gasteiger partial charge in [-0.2, -0.15) is 12.6 Å². The molecular weight excluding hydrogens is 194 g/mol. The molecule has 0 radical (unpaired) electrons. The Kier molecular flexibility index (Phi) is 4.90. The van der Waals surface area contributed by atoms with Gasteiger partial charge in [0.25, 0.3) is 0 Å². The van der Waals surface area contributed by atoms with Crippen LogP contribution in [0.5, 0.6) is 0 Å². The Morgan fingerprint density at radius 3 is 2.15 bits per heavy atom. The van der Waals surface area contributed by atoms with Crippen molar-refractivity contribution in [1.29, 1.82) is 0 Å². The standard InChI is InChI=1S/C6H11N3O3S/c7-5(11)3(2-13)1-4(10)9-6(8)12/h3,13H,1-2H2,(H2,7,11)(H3,8,9,10,12). The van der Waals surface area contributed by atoms with Crippen molar-refractivity contribution in [3.8, 4) is 0 Å². The first-order valence-corrected chi connectivity index (χ1v) is 4.10. The SMILES string of the molecule is NC(=O)NC(=O)CC(CS)C(N)=O. The van der Waals surface area contributed by atoms with E-state index in [1.165, 1.54) is 0 Å². The molecular formula is C6H11N3O3S. The molecule has 5 N–H and O–H groups in total. The second-order valence-electron chi connectivity index (χ2n) is 2.40. The molecule has 0 bridgehead atoms. The number of carbonyl (C=O) groups excluding carboxylic acids is 3. The van der Waals surface area contributed by atoms with Crippen molar-refractivity contribution in [3.63, 3.8) is 0 Å². The Balaban J connectivity index is 4.01. The van der Waals surface area contributed by atoms with E-state index in [1.807, 2.05) is 5.32 Å². The number of imide groups is 1. The van der Waals surface area contributed by atoms with Gasteiger partial charge in [0, 0.05) is 12.2 Å². The Morgan fingerprint density at radius 2 is 1.85 bits per heavy atom. The van der Waals surface area contributed by atoms with E-state index in [9.17, 15) is 14.4 Å². The summed E-state index contributed by atoms with van der Waals surface area (Å²) in [6, 6.07) is -0.951. The zero-order valence-corrected chi connectivity index (χ0v) is 7.71. The van der Waals surface area contributed by atoms with Crippen LogP contribution < -0.4 is 16.8 Å². The number of urea groups is 1. The fourth-order valence-electron chi connectivity index (χ4n) is 0.667. The van der Waals surface area contributed by atoms with E-state index in [0.29, 0.717) is 0 Å². The van der Waals surface area contributed by atoms with E-state index in [2.05, 4.69) is 18.4 Å². The molecule has 13 heavy (non-hydrogen) atoms. The lowest BCUT2D eigenvalue weighted by atomic mass is 10.1. The fraction of sp³-hybridized carbons (Fsp3) is 0.500.